The van der Waals surface area contributed by atoms with Gasteiger partial charge in [0.15, 0.2) is 0 Å². The zero-order valence-electron chi connectivity index (χ0n) is 9.25. The molecule has 1 heterocycles. The monoisotopic (exact) mass is 280 g/mol. The highest BCUT2D eigenvalue weighted by Gasteiger charge is 2.06. The van der Waals surface area contributed by atoms with Crippen LogP contribution in [0, 0.1) is 6.92 Å². The lowest BCUT2D eigenvalue weighted by Gasteiger charge is -2.06. The molecule has 2 aromatic rings. The van der Waals surface area contributed by atoms with Crippen molar-refractivity contribution in [1.82, 2.24) is 9.97 Å². The Morgan fingerprint density at radius 3 is 2.81 bits per heavy atom. The molecule has 1 aromatic heterocycles. The van der Waals surface area contributed by atoms with E-state index in [1.807, 2.05) is 38.2 Å². The molecule has 3 nitrogen and oxygen atoms in total. The van der Waals surface area contributed by atoms with Gasteiger partial charge in [-0.05, 0) is 48.0 Å². The van der Waals surface area contributed by atoms with E-state index in [0.717, 1.165) is 27.3 Å². The summed E-state index contributed by atoms with van der Waals surface area (Å²) in [6.07, 6.45) is 1.82. The molecular formula is C12H13BrN2O. The van der Waals surface area contributed by atoms with Gasteiger partial charge in [0, 0.05) is 17.5 Å². The Hall–Kier alpha value is -1.29. The van der Waals surface area contributed by atoms with Gasteiger partial charge < -0.3 is 9.72 Å². The summed E-state index contributed by atoms with van der Waals surface area (Å²) in [4.78, 5) is 7.48. The Bertz CT molecular complexity index is 494. The van der Waals surface area contributed by atoms with Gasteiger partial charge >= 0.3 is 0 Å². The van der Waals surface area contributed by atoms with E-state index in [1.165, 1.54) is 0 Å². The predicted molar refractivity (Wildman–Crippen MR) is 67.6 cm³/mol. The minimum atomic E-state index is 0.664. The van der Waals surface area contributed by atoms with Gasteiger partial charge in [-0.1, -0.05) is 0 Å². The first kappa shape index (κ1) is 11.2. The number of aromatic amines is 1. The second-order valence-corrected chi connectivity index (χ2v) is 4.35. The van der Waals surface area contributed by atoms with Crippen molar-refractivity contribution in [2.45, 2.75) is 13.8 Å². The summed E-state index contributed by atoms with van der Waals surface area (Å²) in [5.41, 5.74) is 2.10. The first-order chi connectivity index (χ1) is 7.70. The van der Waals surface area contributed by atoms with Crippen molar-refractivity contribution in [3.63, 3.8) is 0 Å². The van der Waals surface area contributed by atoms with Crippen LogP contribution in [0.4, 0.5) is 0 Å². The maximum atomic E-state index is 5.46. The van der Waals surface area contributed by atoms with Crippen molar-refractivity contribution >= 4 is 15.9 Å². The van der Waals surface area contributed by atoms with Crippen molar-refractivity contribution < 1.29 is 4.74 Å². The number of nitrogens with one attached hydrogen (secondary N) is 1. The second kappa shape index (κ2) is 4.70. The van der Waals surface area contributed by atoms with Crippen molar-refractivity contribution in [3.8, 4) is 17.1 Å². The third kappa shape index (κ3) is 2.27. The molecule has 1 aromatic carbocycles. The average Bonchev–Trinajstić information content (AvgIpc) is 2.68. The van der Waals surface area contributed by atoms with E-state index in [1.54, 1.807) is 0 Å². The standard InChI is InChI=1S/C12H13BrN2O/c1-3-16-11-5-4-9(6-10(11)13)12-14-7-8(2)15-12/h4-7H,3H2,1-2H3,(H,14,15). The van der Waals surface area contributed by atoms with Crippen LogP contribution in [0.3, 0.4) is 0 Å². The fourth-order valence-electron chi connectivity index (χ4n) is 1.48. The van der Waals surface area contributed by atoms with Crippen LogP contribution in [0.5, 0.6) is 5.75 Å². The minimum Gasteiger partial charge on any atom is -0.493 e. The van der Waals surface area contributed by atoms with Gasteiger partial charge in [-0.25, -0.2) is 4.98 Å². The molecule has 0 aliphatic heterocycles. The average molecular weight is 281 g/mol. The number of hydrogen-bond donors (Lipinski definition) is 1. The number of aryl methyl sites for hydroxylation is 1. The summed E-state index contributed by atoms with van der Waals surface area (Å²) >= 11 is 3.49. The summed E-state index contributed by atoms with van der Waals surface area (Å²) in [6, 6.07) is 5.94. The number of ether oxygens (including phenoxy) is 1. The van der Waals surface area contributed by atoms with Crippen molar-refractivity contribution in [2.24, 2.45) is 0 Å². The third-order valence-corrected chi connectivity index (χ3v) is 2.83. The summed E-state index contributed by atoms with van der Waals surface area (Å²) in [6.45, 7) is 4.62. The molecule has 84 valence electrons. The van der Waals surface area contributed by atoms with Crippen LogP contribution in [0.2, 0.25) is 0 Å². The summed E-state index contributed by atoms with van der Waals surface area (Å²) in [5, 5.41) is 0. The molecule has 0 fully saturated rings. The molecule has 2 rings (SSSR count). The van der Waals surface area contributed by atoms with Crippen LogP contribution >= 0.6 is 15.9 Å². The van der Waals surface area contributed by atoms with E-state index < -0.39 is 0 Å². The van der Waals surface area contributed by atoms with Crippen LogP contribution in [0.15, 0.2) is 28.9 Å². The number of aromatic nitrogens is 2. The summed E-state index contributed by atoms with van der Waals surface area (Å²) in [5.74, 6) is 1.73. The van der Waals surface area contributed by atoms with Crippen LogP contribution in [-0.4, -0.2) is 16.6 Å². The van der Waals surface area contributed by atoms with Crippen LogP contribution in [0.25, 0.3) is 11.4 Å². The molecule has 1 N–H and O–H groups in total. The lowest BCUT2D eigenvalue weighted by Crippen LogP contribution is -1.92. The summed E-state index contributed by atoms with van der Waals surface area (Å²) in [7, 11) is 0. The topological polar surface area (TPSA) is 37.9 Å². The summed E-state index contributed by atoms with van der Waals surface area (Å²) < 4.78 is 6.40. The number of hydrogen-bond acceptors (Lipinski definition) is 2. The van der Waals surface area contributed by atoms with Gasteiger partial charge in [0.2, 0.25) is 0 Å². The third-order valence-electron chi connectivity index (χ3n) is 2.21. The fraction of sp³-hybridized carbons (Fsp3) is 0.250. The Labute approximate surface area is 103 Å². The molecule has 0 unspecified atom stereocenters. The van der Waals surface area contributed by atoms with Gasteiger partial charge in [-0.15, -0.1) is 0 Å². The second-order valence-electron chi connectivity index (χ2n) is 3.49. The molecule has 0 aliphatic carbocycles. The molecule has 0 aliphatic rings. The van der Waals surface area contributed by atoms with Gasteiger partial charge in [0.25, 0.3) is 0 Å². The highest BCUT2D eigenvalue weighted by atomic mass is 79.9. The molecule has 0 bridgehead atoms. The van der Waals surface area contributed by atoms with E-state index in [9.17, 15) is 0 Å². The quantitative estimate of drug-likeness (QED) is 0.934. The van der Waals surface area contributed by atoms with E-state index in [2.05, 4.69) is 25.9 Å². The largest absolute Gasteiger partial charge is 0.493 e. The number of halogens is 1. The SMILES string of the molecule is CCOc1ccc(-c2ncc(C)[nH]2)cc1Br. The lowest BCUT2D eigenvalue weighted by atomic mass is 10.2. The van der Waals surface area contributed by atoms with E-state index >= 15 is 0 Å². The molecule has 0 spiro atoms. The number of benzene rings is 1. The number of H-pyrrole nitrogens is 1. The zero-order chi connectivity index (χ0) is 11.5. The van der Waals surface area contributed by atoms with Crippen LogP contribution in [0.1, 0.15) is 12.6 Å². The van der Waals surface area contributed by atoms with Crippen LogP contribution in [-0.2, 0) is 0 Å². The van der Waals surface area contributed by atoms with E-state index in [4.69, 9.17) is 4.74 Å². The van der Waals surface area contributed by atoms with E-state index in [0.29, 0.717) is 6.61 Å². The highest BCUT2D eigenvalue weighted by molar-refractivity contribution is 9.10. The number of nitrogens with zero attached hydrogens (tertiary/aromatic N) is 1. The minimum absolute atomic E-state index is 0.664. The first-order valence-corrected chi connectivity index (χ1v) is 5.94. The van der Waals surface area contributed by atoms with Crippen molar-refractivity contribution in [3.05, 3.63) is 34.6 Å². The molecule has 0 amide bonds. The van der Waals surface area contributed by atoms with Gasteiger partial charge in [0.05, 0.1) is 11.1 Å². The lowest BCUT2D eigenvalue weighted by molar-refractivity contribution is 0.338. The Morgan fingerprint density at radius 2 is 2.25 bits per heavy atom. The first-order valence-electron chi connectivity index (χ1n) is 5.15. The Morgan fingerprint density at radius 1 is 1.44 bits per heavy atom. The molecule has 0 saturated carbocycles. The molecule has 16 heavy (non-hydrogen) atoms. The van der Waals surface area contributed by atoms with Gasteiger partial charge in [-0.3, -0.25) is 0 Å². The number of imidazole rings is 1. The fourth-order valence-corrected chi connectivity index (χ4v) is 1.97. The van der Waals surface area contributed by atoms with Gasteiger partial charge in [-0.2, -0.15) is 0 Å². The van der Waals surface area contributed by atoms with Crippen molar-refractivity contribution in [2.75, 3.05) is 6.61 Å². The van der Waals surface area contributed by atoms with Gasteiger partial charge in [0.1, 0.15) is 11.6 Å². The normalized spacial score (nSPS) is 10.4. The molecule has 0 atom stereocenters. The molecule has 4 heteroatoms. The Balaban J connectivity index is 2.34. The van der Waals surface area contributed by atoms with Crippen LogP contribution < -0.4 is 4.74 Å². The number of rotatable bonds is 3. The highest BCUT2D eigenvalue weighted by Crippen LogP contribution is 2.29. The van der Waals surface area contributed by atoms with E-state index in [-0.39, 0.29) is 0 Å². The molecule has 0 radical (unpaired) electrons. The maximum absolute atomic E-state index is 5.46. The predicted octanol–water partition coefficient (Wildman–Crippen LogP) is 3.55. The molecule has 0 saturated heterocycles. The zero-order valence-corrected chi connectivity index (χ0v) is 10.8. The maximum Gasteiger partial charge on any atom is 0.137 e. The molecular weight excluding hydrogens is 268 g/mol. The smallest absolute Gasteiger partial charge is 0.137 e. The van der Waals surface area contributed by atoms with Crippen molar-refractivity contribution in [1.29, 1.82) is 0 Å². The Kier molecular flexibility index (Phi) is 3.29.